The van der Waals surface area contributed by atoms with Crippen molar-refractivity contribution < 1.29 is 0 Å². The van der Waals surface area contributed by atoms with Gasteiger partial charge in [0.15, 0.2) is 5.65 Å². The number of hydrogen-bond donors (Lipinski definition) is 1. The summed E-state index contributed by atoms with van der Waals surface area (Å²) >= 11 is 0. The largest absolute Gasteiger partial charge is 0.336 e. The summed E-state index contributed by atoms with van der Waals surface area (Å²) in [5.74, 6) is 1.20. The summed E-state index contributed by atoms with van der Waals surface area (Å²) in [6.45, 7) is 6.30. The summed E-state index contributed by atoms with van der Waals surface area (Å²) in [6.07, 6.45) is 3.83. The highest BCUT2D eigenvalue weighted by Gasteiger charge is 2.16. The van der Waals surface area contributed by atoms with E-state index in [0.29, 0.717) is 5.92 Å². The molecule has 19 heavy (non-hydrogen) atoms. The van der Waals surface area contributed by atoms with Gasteiger partial charge in [0.05, 0.1) is 16.8 Å². The first-order chi connectivity index (χ1) is 9.04. The third-order valence-electron chi connectivity index (χ3n) is 3.13. The minimum atomic E-state index is 0.360. The smallest absolute Gasteiger partial charge is 0.178 e. The molecule has 1 N–H and O–H groups in total. The number of hydrogen-bond acceptors (Lipinski definition) is 3. The van der Waals surface area contributed by atoms with Crippen LogP contribution in [0.25, 0.3) is 22.6 Å². The molecule has 0 bridgehead atoms. The van der Waals surface area contributed by atoms with Gasteiger partial charge in [-0.2, -0.15) is 5.10 Å². The van der Waals surface area contributed by atoms with Gasteiger partial charge < -0.3 is 4.98 Å². The molecular formula is C14H17N5. The van der Waals surface area contributed by atoms with E-state index < -0.39 is 0 Å². The molecule has 3 aromatic heterocycles. The number of imidazole rings is 1. The molecular weight excluding hydrogens is 238 g/mol. The molecule has 5 heteroatoms. The van der Waals surface area contributed by atoms with Crippen molar-refractivity contribution >= 4 is 11.2 Å². The standard InChI is InChI=1S/C14H17N5/c1-8(2)12-10(7-19(4)18-12)13-16-11-5-9(3)6-15-14(11)17-13/h5-8H,1-4H3,(H,15,16,17). The number of rotatable bonds is 2. The van der Waals surface area contributed by atoms with Crippen molar-refractivity contribution in [3.05, 3.63) is 29.7 Å². The number of nitrogens with zero attached hydrogens (tertiary/aromatic N) is 4. The van der Waals surface area contributed by atoms with Crippen LogP contribution in [0.2, 0.25) is 0 Å². The van der Waals surface area contributed by atoms with Gasteiger partial charge in [-0.15, -0.1) is 0 Å². The molecule has 0 unspecified atom stereocenters. The second kappa shape index (κ2) is 4.19. The molecule has 0 aliphatic heterocycles. The van der Waals surface area contributed by atoms with Crippen molar-refractivity contribution in [2.75, 3.05) is 0 Å². The molecule has 0 aliphatic rings. The number of aromatic amines is 1. The fourth-order valence-corrected chi connectivity index (χ4v) is 2.25. The molecule has 0 atom stereocenters. The van der Waals surface area contributed by atoms with Crippen molar-refractivity contribution in [3.63, 3.8) is 0 Å². The van der Waals surface area contributed by atoms with Gasteiger partial charge in [-0.3, -0.25) is 4.68 Å². The lowest BCUT2D eigenvalue weighted by Crippen LogP contribution is -1.94. The molecule has 98 valence electrons. The van der Waals surface area contributed by atoms with Crippen molar-refractivity contribution in [1.82, 2.24) is 24.7 Å². The maximum Gasteiger partial charge on any atom is 0.178 e. The van der Waals surface area contributed by atoms with Crippen LogP contribution >= 0.6 is 0 Å². The Balaban J connectivity index is 2.18. The molecule has 3 heterocycles. The summed E-state index contributed by atoms with van der Waals surface area (Å²) < 4.78 is 1.83. The maximum absolute atomic E-state index is 4.56. The third kappa shape index (κ3) is 2.01. The summed E-state index contributed by atoms with van der Waals surface area (Å²) in [7, 11) is 1.93. The van der Waals surface area contributed by atoms with Gasteiger partial charge in [0, 0.05) is 19.4 Å². The Bertz CT molecular complexity index is 735. The van der Waals surface area contributed by atoms with Gasteiger partial charge >= 0.3 is 0 Å². The Morgan fingerprint density at radius 3 is 2.84 bits per heavy atom. The SMILES string of the molecule is Cc1cnc2nc(-c3cn(C)nc3C(C)C)[nH]c2c1. The van der Waals surface area contributed by atoms with Crippen LogP contribution in [-0.4, -0.2) is 24.7 Å². The molecule has 0 aromatic carbocycles. The zero-order valence-corrected chi connectivity index (χ0v) is 11.6. The quantitative estimate of drug-likeness (QED) is 0.766. The molecule has 3 rings (SSSR count). The fourth-order valence-electron chi connectivity index (χ4n) is 2.25. The van der Waals surface area contributed by atoms with Crippen LogP contribution in [0.5, 0.6) is 0 Å². The molecule has 0 fully saturated rings. The Labute approximate surface area is 111 Å². The second-order valence-corrected chi connectivity index (χ2v) is 5.23. The molecule has 0 spiro atoms. The van der Waals surface area contributed by atoms with Gasteiger partial charge in [-0.05, 0) is 24.5 Å². The number of aryl methyl sites for hydroxylation is 2. The van der Waals surface area contributed by atoms with Crippen LogP contribution in [0.3, 0.4) is 0 Å². The molecule has 0 saturated heterocycles. The molecule has 5 nitrogen and oxygen atoms in total. The third-order valence-corrected chi connectivity index (χ3v) is 3.13. The molecule has 0 saturated carbocycles. The van der Waals surface area contributed by atoms with Gasteiger partial charge in [0.2, 0.25) is 0 Å². The van der Waals surface area contributed by atoms with E-state index in [4.69, 9.17) is 0 Å². The van der Waals surface area contributed by atoms with Crippen LogP contribution < -0.4 is 0 Å². The topological polar surface area (TPSA) is 59.4 Å². The van der Waals surface area contributed by atoms with Crippen LogP contribution in [0.4, 0.5) is 0 Å². The van der Waals surface area contributed by atoms with E-state index >= 15 is 0 Å². The van der Waals surface area contributed by atoms with Crippen molar-refractivity contribution in [3.8, 4) is 11.4 Å². The highest BCUT2D eigenvalue weighted by molar-refractivity contribution is 5.76. The van der Waals surface area contributed by atoms with E-state index in [9.17, 15) is 0 Å². The van der Waals surface area contributed by atoms with Crippen molar-refractivity contribution in [2.24, 2.45) is 7.05 Å². The molecule has 0 aliphatic carbocycles. The van der Waals surface area contributed by atoms with Crippen LogP contribution in [0, 0.1) is 6.92 Å². The van der Waals surface area contributed by atoms with E-state index in [1.165, 1.54) is 0 Å². The Kier molecular flexibility index (Phi) is 2.62. The first-order valence-corrected chi connectivity index (χ1v) is 6.41. The summed E-state index contributed by atoms with van der Waals surface area (Å²) in [4.78, 5) is 12.2. The second-order valence-electron chi connectivity index (χ2n) is 5.23. The first kappa shape index (κ1) is 11.9. The predicted molar refractivity (Wildman–Crippen MR) is 74.9 cm³/mol. The highest BCUT2D eigenvalue weighted by Crippen LogP contribution is 2.27. The van der Waals surface area contributed by atoms with Crippen LogP contribution in [-0.2, 0) is 7.05 Å². The van der Waals surface area contributed by atoms with E-state index in [1.54, 1.807) is 0 Å². The fraction of sp³-hybridized carbons (Fsp3) is 0.357. The van der Waals surface area contributed by atoms with E-state index in [0.717, 1.165) is 33.8 Å². The number of fused-ring (bicyclic) bond motifs is 1. The van der Waals surface area contributed by atoms with Gasteiger partial charge in [0.25, 0.3) is 0 Å². The average molecular weight is 255 g/mol. The van der Waals surface area contributed by atoms with Gasteiger partial charge in [-0.25, -0.2) is 9.97 Å². The number of nitrogens with one attached hydrogen (secondary N) is 1. The van der Waals surface area contributed by atoms with E-state index in [2.05, 4.69) is 40.0 Å². The number of H-pyrrole nitrogens is 1. The summed E-state index contributed by atoms with van der Waals surface area (Å²) in [5.41, 5.74) is 4.94. The minimum absolute atomic E-state index is 0.360. The zero-order chi connectivity index (χ0) is 13.6. The zero-order valence-electron chi connectivity index (χ0n) is 11.6. The maximum atomic E-state index is 4.56. The summed E-state index contributed by atoms with van der Waals surface area (Å²) in [6, 6.07) is 2.06. The monoisotopic (exact) mass is 255 g/mol. The van der Waals surface area contributed by atoms with Gasteiger partial charge in [-0.1, -0.05) is 13.8 Å². The van der Waals surface area contributed by atoms with Gasteiger partial charge in [0.1, 0.15) is 5.82 Å². The van der Waals surface area contributed by atoms with Crippen LogP contribution in [0.15, 0.2) is 18.5 Å². The minimum Gasteiger partial charge on any atom is -0.336 e. The molecule has 0 radical (unpaired) electrons. The predicted octanol–water partition coefficient (Wildman–Crippen LogP) is 2.79. The number of aromatic nitrogens is 5. The van der Waals surface area contributed by atoms with Crippen LogP contribution in [0.1, 0.15) is 31.0 Å². The Hall–Kier alpha value is -2.17. The lowest BCUT2D eigenvalue weighted by atomic mass is 10.1. The first-order valence-electron chi connectivity index (χ1n) is 6.41. The molecule has 0 amide bonds. The number of pyridine rings is 1. The Morgan fingerprint density at radius 1 is 1.32 bits per heavy atom. The van der Waals surface area contributed by atoms with E-state index in [-0.39, 0.29) is 0 Å². The van der Waals surface area contributed by atoms with Crippen molar-refractivity contribution in [1.29, 1.82) is 0 Å². The van der Waals surface area contributed by atoms with Crippen molar-refractivity contribution in [2.45, 2.75) is 26.7 Å². The lowest BCUT2D eigenvalue weighted by molar-refractivity contribution is 0.713. The highest BCUT2D eigenvalue weighted by atomic mass is 15.3. The average Bonchev–Trinajstić information content (AvgIpc) is 2.91. The Morgan fingerprint density at radius 2 is 2.11 bits per heavy atom. The normalized spacial score (nSPS) is 11.6. The molecule has 3 aromatic rings. The lowest BCUT2D eigenvalue weighted by Gasteiger charge is -2.01. The summed E-state index contributed by atoms with van der Waals surface area (Å²) in [5, 5.41) is 4.51. The van der Waals surface area contributed by atoms with E-state index in [1.807, 2.05) is 31.0 Å².